The first-order chi connectivity index (χ1) is 14.5. The lowest BCUT2D eigenvalue weighted by atomic mass is 10.2. The summed E-state index contributed by atoms with van der Waals surface area (Å²) < 4.78 is 0. The van der Waals surface area contributed by atoms with Crippen molar-refractivity contribution in [2.75, 3.05) is 0 Å². The van der Waals surface area contributed by atoms with E-state index in [9.17, 15) is 4.79 Å². The van der Waals surface area contributed by atoms with Crippen LogP contribution in [0.5, 0.6) is 0 Å². The minimum atomic E-state index is -0.142. The van der Waals surface area contributed by atoms with Gasteiger partial charge in [0.15, 0.2) is 5.17 Å². The fourth-order valence-corrected chi connectivity index (χ4v) is 4.64. The van der Waals surface area contributed by atoms with Crippen LogP contribution in [0.25, 0.3) is 6.08 Å². The average Bonchev–Trinajstić information content (AvgIpc) is 3.07. The average molecular weight is 451 g/mol. The monoisotopic (exact) mass is 450 g/mol. The fraction of sp³-hybridized carbons (Fsp3) is 0.0833. The Labute approximate surface area is 189 Å². The number of aryl methyl sites for hydroxylation is 2. The van der Waals surface area contributed by atoms with E-state index in [0.29, 0.717) is 15.1 Å². The van der Waals surface area contributed by atoms with Crippen LogP contribution in [0.4, 0.5) is 5.69 Å². The van der Waals surface area contributed by atoms with Gasteiger partial charge in [-0.15, -0.1) is 0 Å². The van der Waals surface area contributed by atoms with Gasteiger partial charge in [-0.2, -0.15) is 0 Å². The first-order valence-electron chi connectivity index (χ1n) is 9.36. The number of hydrogen-bond donors (Lipinski definition) is 1. The Morgan fingerprint density at radius 1 is 0.967 bits per heavy atom. The molecule has 30 heavy (non-hydrogen) atoms. The quantitative estimate of drug-likeness (QED) is 0.435. The predicted octanol–water partition coefficient (Wildman–Crippen LogP) is 7.00. The largest absolute Gasteiger partial charge is 0.300 e. The van der Waals surface area contributed by atoms with Gasteiger partial charge in [0.25, 0.3) is 5.91 Å². The molecule has 1 aliphatic heterocycles. The fourth-order valence-electron chi connectivity index (χ4n) is 2.82. The molecule has 150 valence electrons. The van der Waals surface area contributed by atoms with Crippen molar-refractivity contribution >= 4 is 58.0 Å². The summed E-state index contributed by atoms with van der Waals surface area (Å²) in [7, 11) is 0. The summed E-state index contributed by atoms with van der Waals surface area (Å²) in [4.78, 5) is 19.9. The zero-order valence-electron chi connectivity index (χ0n) is 16.5. The number of aliphatic imine (C=N–C) groups is 1. The Morgan fingerprint density at radius 2 is 1.63 bits per heavy atom. The van der Waals surface area contributed by atoms with Crippen LogP contribution in [-0.4, -0.2) is 11.1 Å². The summed E-state index contributed by atoms with van der Waals surface area (Å²) in [5, 5.41) is 4.00. The van der Waals surface area contributed by atoms with Gasteiger partial charge in [0.1, 0.15) is 0 Å². The topological polar surface area (TPSA) is 41.5 Å². The molecule has 1 aliphatic rings. The minimum absolute atomic E-state index is 0.142. The highest BCUT2D eigenvalue weighted by atomic mass is 35.5. The highest BCUT2D eigenvalue weighted by Crippen LogP contribution is 2.32. The molecule has 1 amide bonds. The number of carbonyl (C=O) groups excluding carboxylic acids is 1. The number of rotatable bonds is 4. The third-order valence-corrected chi connectivity index (χ3v) is 6.64. The third kappa shape index (κ3) is 5.17. The van der Waals surface area contributed by atoms with E-state index in [2.05, 4.69) is 53.6 Å². The van der Waals surface area contributed by atoms with Crippen molar-refractivity contribution < 1.29 is 4.79 Å². The summed E-state index contributed by atoms with van der Waals surface area (Å²) in [6.07, 6.45) is 1.88. The van der Waals surface area contributed by atoms with Crippen LogP contribution >= 0.6 is 35.1 Å². The van der Waals surface area contributed by atoms with Crippen LogP contribution < -0.4 is 5.32 Å². The van der Waals surface area contributed by atoms with E-state index in [-0.39, 0.29) is 5.91 Å². The first kappa shape index (κ1) is 20.8. The van der Waals surface area contributed by atoms with Crippen LogP contribution in [0, 0.1) is 13.8 Å². The minimum Gasteiger partial charge on any atom is -0.300 e. The van der Waals surface area contributed by atoms with E-state index in [4.69, 9.17) is 11.6 Å². The second kappa shape index (κ2) is 9.13. The Morgan fingerprint density at radius 3 is 2.33 bits per heavy atom. The van der Waals surface area contributed by atoms with E-state index in [0.717, 1.165) is 21.7 Å². The maximum Gasteiger partial charge on any atom is 0.264 e. The Hall–Kier alpha value is -2.47. The number of carbonyl (C=O) groups is 1. The number of hydrogen-bond acceptors (Lipinski definition) is 4. The summed E-state index contributed by atoms with van der Waals surface area (Å²) in [6, 6.07) is 22.2. The van der Waals surface area contributed by atoms with Gasteiger partial charge in [0.05, 0.1) is 10.6 Å². The molecule has 0 unspecified atom stereocenters. The molecule has 4 rings (SSSR count). The van der Waals surface area contributed by atoms with E-state index < -0.39 is 0 Å². The second-order valence-electron chi connectivity index (χ2n) is 6.90. The molecule has 0 spiro atoms. The number of amides is 1. The van der Waals surface area contributed by atoms with E-state index in [1.807, 2.05) is 37.3 Å². The number of nitrogens with zero attached hydrogens (tertiary/aromatic N) is 1. The SMILES string of the molecule is Cc1ccc(Sc2ccc(/C=C3\SC(=Nc4cc(Cl)ccc4C)NC3=O)cc2)cc1. The lowest BCUT2D eigenvalue weighted by molar-refractivity contribution is -0.115. The molecule has 3 aromatic carbocycles. The van der Waals surface area contributed by atoms with E-state index in [1.165, 1.54) is 22.2 Å². The highest BCUT2D eigenvalue weighted by molar-refractivity contribution is 8.18. The smallest absolute Gasteiger partial charge is 0.264 e. The molecule has 0 aromatic heterocycles. The maximum absolute atomic E-state index is 12.4. The van der Waals surface area contributed by atoms with Gasteiger partial charge in [0, 0.05) is 14.8 Å². The Kier molecular flexibility index (Phi) is 6.32. The molecule has 3 nitrogen and oxygen atoms in total. The summed E-state index contributed by atoms with van der Waals surface area (Å²) in [5.74, 6) is -0.142. The molecule has 1 saturated heterocycles. The van der Waals surface area contributed by atoms with Crippen molar-refractivity contribution in [2.24, 2.45) is 4.99 Å². The van der Waals surface area contributed by atoms with Crippen molar-refractivity contribution in [1.29, 1.82) is 0 Å². The van der Waals surface area contributed by atoms with Gasteiger partial charge in [-0.1, -0.05) is 59.3 Å². The molecule has 6 heteroatoms. The molecule has 0 bridgehead atoms. The van der Waals surface area contributed by atoms with Crippen LogP contribution in [0.1, 0.15) is 16.7 Å². The lowest BCUT2D eigenvalue weighted by Gasteiger charge is -2.03. The lowest BCUT2D eigenvalue weighted by Crippen LogP contribution is -2.19. The molecule has 0 aliphatic carbocycles. The van der Waals surface area contributed by atoms with Crippen molar-refractivity contribution in [2.45, 2.75) is 23.6 Å². The molecular weight excluding hydrogens is 432 g/mol. The number of nitrogens with one attached hydrogen (secondary N) is 1. The van der Waals surface area contributed by atoms with E-state index >= 15 is 0 Å². The number of halogens is 1. The molecular formula is C24H19ClN2OS2. The summed E-state index contributed by atoms with van der Waals surface area (Å²) in [5.41, 5.74) is 3.98. The standard InChI is InChI=1S/C24H19ClN2OS2/c1-15-3-9-19(10-4-15)29-20-11-6-17(7-12-20)13-22-23(28)27-24(30-22)26-21-14-18(25)8-5-16(21)2/h3-14H,1-2H3,(H,26,27,28)/b22-13-. The van der Waals surface area contributed by atoms with Gasteiger partial charge in [-0.05, 0) is 79.2 Å². The molecule has 0 saturated carbocycles. The molecule has 1 heterocycles. The zero-order valence-corrected chi connectivity index (χ0v) is 18.9. The van der Waals surface area contributed by atoms with Crippen molar-refractivity contribution in [3.8, 4) is 0 Å². The first-order valence-corrected chi connectivity index (χ1v) is 11.4. The summed E-state index contributed by atoms with van der Waals surface area (Å²) in [6.45, 7) is 4.05. The van der Waals surface area contributed by atoms with Crippen LogP contribution in [0.2, 0.25) is 5.02 Å². The second-order valence-corrected chi connectivity index (χ2v) is 9.51. The molecule has 1 N–H and O–H groups in total. The maximum atomic E-state index is 12.4. The molecule has 3 aromatic rings. The summed E-state index contributed by atoms with van der Waals surface area (Å²) >= 11 is 9.11. The third-order valence-electron chi connectivity index (χ3n) is 4.48. The van der Waals surface area contributed by atoms with Crippen LogP contribution in [-0.2, 0) is 4.79 Å². The van der Waals surface area contributed by atoms with Crippen LogP contribution in [0.15, 0.2) is 86.4 Å². The highest BCUT2D eigenvalue weighted by Gasteiger charge is 2.24. The van der Waals surface area contributed by atoms with Crippen molar-refractivity contribution in [3.63, 3.8) is 0 Å². The number of benzene rings is 3. The van der Waals surface area contributed by atoms with Crippen molar-refractivity contribution in [1.82, 2.24) is 5.32 Å². The number of amidine groups is 1. The van der Waals surface area contributed by atoms with Crippen LogP contribution in [0.3, 0.4) is 0 Å². The normalized spacial score (nSPS) is 16.3. The predicted molar refractivity (Wildman–Crippen MR) is 129 cm³/mol. The van der Waals surface area contributed by atoms with E-state index in [1.54, 1.807) is 17.8 Å². The van der Waals surface area contributed by atoms with Gasteiger partial charge in [0.2, 0.25) is 0 Å². The molecule has 0 atom stereocenters. The Balaban J connectivity index is 1.48. The van der Waals surface area contributed by atoms with Gasteiger partial charge in [-0.25, -0.2) is 4.99 Å². The van der Waals surface area contributed by atoms with Gasteiger partial charge < -0.3 is 5.32 Å². The Bertz CT molecular complexity index is 1150. The molecule has 1 fully saturated rings. The van der Waals surface area contributed by atoms with Gasteiger partial charge in [-0.3, -0.25) is 4.79 Å². The molecule has 0 radical (unpaired) electrons. The number of thioether (sulfide) groups is 1. The zero-order chi connectivity index (χ0) is 21.1. The van der Waals surface area contributed by atoms with Crippen molar-refractivity contribution in [3.05, 3.63) is 93.3 Å². The van der Waals surface area contributed by atoms with Gasteiger partial charge >= 0.3 is 0 Å².